The maximum absolute atomic E-state index is 12.2. The molecule has 0 spiro atoms. The Morgan fingerprint density at radius 2 is 1.86 bits per heavy atom. The van der Waals surface area contributed by atoms with E-state index in [0.29, 0.717) is 25.1 Å². The van der Waals surface area contributed by atoms with Gasteiger partial charge in [-0.3, -0.25) is 9.59 Å². The number of aryl methyl sites for hydroxylation is 1. The van der Waals surface area contributed by atoms with Gasteiger partial charge in [-0.05, 0) is 35.6 Å². The van der Waals surface area contributed by atoms with Crippen molar-refractivity contribution in [2.24, 2.45) is 5.92 Å². The predicted molar refractivity (Wildman–Crippen MR) is 107 cm³/mol. The highest BCUT2D eigenvalue weighted by molar-refractivity contribution is 5.81. The highest BCUT2D eigenvalue weighted by Crippen LogP contribution is 2.21. The summed E-state index contributed by atoms with van der Waals surface area (Å²) < 4.78 is 7.31. The molecule has 1 unspecified atom stereocenters. The second-order valence-electron chi connectivity index (χ2n) is 6.67. The first kappa shape index (κ1) is 19.5. The standard InChI is InChI=1S/C22H24N2O4/c1-28-20-9-5-3-7-17(20)14-18(22(26)27)15-23-21(25)11-13-24-12-10-16-6-2-4-8-19(16)24/h2-10,12,18H,11,13-15H2,1H3,(H,23,25)(H,26,27). The van der Waals surface area contributed by atoms with Gasteiger partial charge in [-0.25, -0.2) is 0 Å². The number of para-hydroxylation sites is 2. The summed E-state index contributed by atoms with van der Waals surface area (Å²) in [4.78, 5) is 23.8. The average molecular weight is 380 g/mol. The number of aliphatic carboxylic acids is 1. The van der Waals surface area contributed by atoms with Gasteiger partial charge in [0.1, 0.15) is 5.75 Å². The quantitative estimate of drug-likeness (QED) is 0.598. The van der Waals surface area contributed by atoms with E-state index in [2.05, 4.69) is 5.32 Å². The van der Waals surface area contributed by atoms with Crippen molar-refractivity contribution in [3.05, 3.63) is 66.4 Å². The molecule has 2 N–H and O–H groups in total. The second-order valence-corrected chi connectivity index (χ2v) is 6.67. The minimum Gasteiger partial charge on any atom is -0.496 e. The summed E-state index contributed by atoms with van der Waals surface area (Å²) in [6, 6.07) is 17.3. The van der Waals surface area contributed by atoms with Crippen molar-refractivity contribution in [1.29, 1.82) is 0 Å². The van der Waals surface area contributed by atoms with Crippen molar-refractivity contribution in [2.45, 2.75) is 19.4 Å². The van der Waals surface area contributed by atoms with Gasteiger partial charge in [0, 0.05) is 31.2 Å². The number of rotatable bonds is 9. The SMILES string of the molecule is COc1ccccc1CC(CNC(=O)CCn1ccc2ccccc21)C(=O)O. The second kappa shape index (κ2) is 9.08. The topological polar surface area (TPSA) is 80.6 Å². The minimum atomic E-state index is -0.942. The van der Waals surface area contributed by atoms with Crippen LogP contribution in [0, 0.1) is 5.92 Å². The highest BCUT2D eigenvalue weighted by atomic mass is 16.5. The molecule has 3 rings (SSSR count). The Morgan fingerprint density at radius 1 is 1.11 bits per heavy atom. The van der Waals surface area contributed by atoms with E-state index in [1.807, 2.05) is 59.3 Å². The Morgan fingerprint density at radius 3 is 2.64 bits per heavy atom. The number of carbonyl (C=O) groups excluding carboxylic acids is 1. The van der Waals surface area contributed by atoms with Gasteiger partial charge < -0.3 is 19.7 Å². The van der Waals surface area contributed by atoms with Gasteiger partial charge in [0.15, 0.2) is 0 Å². The summed E-state index contributed by atoms with van der Waals surface area (Å²) in [5.74, 6) is -1.17. The molecule has 0 radical (unpaired) electrons. The van der Waals surface area contributed by atoms with E-state index in [4.69, 9.17) is 4.74 Å². The van der Waals surface area contributed by atoms with Crippen LogP contribution < -0.4 is 10.1 Å². The zero-order chi connectivity index (χ0) is 19.9. The molecule has 3 aromatic rings. The third-order valence-electron chi connectivity index (χ3n) is 4.81. The van der Waals surface area contributed by atoms with E-state index in [0.717, 1.165) is 16.5 Å². The van der Waals surface area contributed by atoms with Gasteiger partial charge in [-0.15, -0.1) is 0 Å². The zero-order valence-electron chi connectivity index (χ0n) is 15.8. The number of ether oxygens (including phenoxy) is 1. The largest absolute Gasteiger partial charge is 0.496 e. The lowest BCUT2D eigenvalue weighted by Crippen LogP contribution is -2.34. The van der Waals surface area contributed by atoms with Crippen LogP contribution in [0.15, 0.2) is 60.8 Å². The highest BCUT2D eigenvalue weighted by Gasteiger charge is 2.20. The van der Waals surface area contributed by atoms with E-state index in [-0.39, 0.29) is 12.5 Å². The first-order chi connectivity index (χ1) is 13.6. The molecule has 0 aliphatic carbocycles. The van der Waals surface area contributed by atoms with Crippen LogP contribution in [-0.2, 0) is 22.6 Å². The van der Waals surface area contributed by atoms with Crippen LogP contribution in [0.4, 0.5) is 0 Å². The van der Waals surface area contributed by atoms with E-state index in [1.54, 1.807) is 13.2 Å². The molecule has 1 atom stereocenters. The van der Waals surface area contributed by atoms with Crippen LogP contribution in [0.5, 0.6) is 5.75 Å². The fourth-order valence-electron chi connectivity index (χ4n) is 3.27. The van der Waals surface area contributed by atoms with Crippen LogP contribution >= 0.6 is 0 Å². The number of benzene rings is 2. The molecule has 0 fully saturated rings. The molecule has 0 saturated heterocycles. The third kappa shape index (κ3) is 4.71. The number of hydrogen-bond donors (Lipinski definition) is 2. The molecule has 0 aliphatic heterocycles. The van der Waals surface area contributed by atoms with Crippen LogP contribution in [-0.4, -0.2) is 35.2 Å². The number of carboxylic acid groups (broad SMARTS) is 1. The fraction of sp³-hybridized carbons (Fsp3) is 0.273. The Labute approximate surface area is 163 Å². The molecule has 146 valence electrons. The Bertz CT molecular complexity index is 964. The van der Waals surface area contributed by atoms with Gasteiger partial charge in [0.2, 0.25) is 5.91 Å². The van der Waals surface area contributed by atoms with E-state index in [1.165, 1.54) is 0 Å². The number of methoxy groups -OCH3 is 1. The van der Waals surface area contributed by atoms with Crippen molar-refractivity contribution in [2.75, 3.05) is 13.7 Å². The summed E-state index contributed by atoms with van der Waals surface area (Å²) in [7, 11) is 1.56. The summed E-state index contributed by atoms with van der Waals surface area (Å²) in [5.41, 5.74) is 1.89. The number of fused-ring (bicyclic) bond motifs is 1. The number of amides is 1. The maximum Gasteiger partial charge on any atom is 0.308 e. The molecular weight excluding hydrogens is 356 g/mol. The van der Waals surface area contributed by atoms with Gasteiger partial charge in [-0.2, -0.15) is 0 Å². The minimum absolute atomic E-state index is 0.0820. The summed E-state index contributed by atoms with van der Waals surface area (Å²) >= 11 is 0. The Balaban J connectivity index is 1.54. The first-order valence-electron chi connectivity index (χ1n) is 9.23. The Hall–Kier alpha value is -3.28. The molecule has 0 saturated carbocycles. The molecule has 28 heavy (non-hydrogen) atoms. The van der Waals surface area contributed by atoms with Gasteiger partial charge in [0.25, 0.3) is 0 Å². The van der Waals surface area contributed by atoms with Gasteiger partial charge in [0.05, 0.1) is 13.0 Å². The average Bonchev–Trinajstić information content (AvgIpc) is 3.12. The van der Waals surface area contributed by atoms with Crippen LogP contribution in [0.2, 0.25) is 0 Å². The van der Waals surface area contributed by atoms with Crippen molar-refractivity contribution in [1.82, 2.24) is 9.88 Å². The molecule has 2 aromatic carbocycles. The summed E-state index contributed by atoms with van der Waals surface area (Å²) in [5, 5.41) is 13.4. The number of nitrogens with zero attached hydrogens (tertiary/aromatic N) is 1. The zero-order valence-corrected chi connectivity index (χ0v) is 15.8. The Kier molecular flexibility index (Phi) is 6.32. The number of hydrogen-bond acceptors (Lipinski definition) is 3. The van der Waals surface area contributed by atoms with E-state index in [9.17, 15) is 14.7 Å². The van der Waals surface area contributed by atoms with Crippen molar-refractivity contribution >= 4 is 22.8 Å². The molecule has 0 aliphatic rings. The number of carboxylic acids is 1. The lowest BCUT2D eigenvalue weighted by atomic mass is 9.98. The van der Waals surface area contributed by atoms with Crippen LogP contribution in [0.1, 0.15) is 12.0 Å². The van der Waals surface area contributed by atoms with Gasteiger partial charge in [-0.1, -0.05) is 36.4 Å². The lowest BCUT2D eigenvalue weighted by Gasteiger charge is -2.15. The number of aromatic nitrogens is 1. The summed E-state index contributed by atoms with van der Waals surface area (Å²) in [6.45, 7) is 0.627. The van der Waals surface area contributed by atoms with Crippen LogP contribution in [0.25, 0.3) is 10.9 Å². The molecule has 1 amide bonds. The molecule has 0 bridgehead atoms. The lowest BCUT2D eigenvalue weighted by molar-refractivity contribution is -0.141. The van der Waals surface area contributed by atoms with Crippen molar-refractivity contribution in [3.63, 3.8) is 0 Å². The molecule has 6 heteroatoms. The molecule has 1 aromatic heterocycles. The third-order valence-corrected chi connectivity index (χ3v) is 4.81. The van der Waals surface area contributed by atoms with E-state index >= 15 is 0 Å². The predicted octanol–water partition coefficient (Wildman–Crippen LogP) is 3.10. The molecule has 6 nitrogen and oxygen atoms in total. The smallest absolute Gasteiger partial charge is 0.308 e. The molecule has 1 heterocycles. The van der Waals surface area contributed by atoms with Crippen molar-refractivity contribution in [3.8, 4) is 5.75 Å². The normalized spacial score (nSPS) is 11.9. The van der Waals surface area contributed by atoms with Gasteiger partial charge >= 0.3 is 5.97 Å². The fourth-order valence-corrected chi connectivity index (χ4v) is 3.27. The maximum atomic E-state index is 12.2. The van der Waals surface area contributed by atoms with Crippen molar-refractivity contribution < 1.29 is 19.4 Å². The number of carbonyl (C=O) groups is 2. The van der Waals surface area contributed by atoms with Crippen LogP contribution in [0.3, 0.4) is 0 Å². The monoisotopic (exact) mass is 380 g/mol. The first-order valence-corrected chi connectivity index (χ1v) is 9.23. The number of nitrogens with one attached hydrogen (secondary N) is 1. The summed E-state index contributed by atoms with van der Waals surface area (Å²) in [6.07, 6.45) is 2.54. The van der Waals surface area contributed by atoms with E-state index < -0.39 is 11.9 Å². The molecular formula is C22H24N2O4.